The highest BCUT2D eigenvalue weighted by atomic mass is 79.9. The van der Waals surface area contributed by atoms with Crippen LogP contribution < -0.4 is 5.32 Å². The first-order valence-electron chi connectivity index (χ1n) is 6.76. The number of aryl methyl sites for hydroxylation is 1. The fourth-order valence-electron chi connectivity index (χ4n) is 2.12. The number of nitrogens with one attached hydrogen (secondary N) is 1. The summed E-state index contributed by atoms with van der Waals surface area (Å²) >= 11 is 4.72. The number of carboxylic acids is 1. The van der Waals surface area contributed by atoms with Crippen molar-refractivity contribution >= 4 is 39.1 Å². The van der Waals surface area contributed by atoms with Crippen LogP contribution in [0.2, 0.25) is 0 Å². The van der Waals surface area contributed by atoms with E-state index in [1.807, 2.05) is 31.2 Å². The molecule has 0 aliphatic heterocycles. The summed E-state index contributed by atoms with van der Waals surface area (Å²) in [7, 11) is 0. The predicted octanol–water partition coefficient (Wildman–Crippen LogP) is 3.49. The zero-order chi connectivity index (χ0) is 16.1. The molecule has 1 amide bonds. The number of hydrogen-bond donors (Lipinski definition) is 2. The van der Waals surface area contributed by atoms with Gasteiger partial charge in [0, 0.05) is 11.9 Å². The van der Waals surface area contributed by atoms with Gasteiger partial charge in [-0.2, -0.15) is 0 Å². The number of benzene rings is 1. The second-order valence-electron chi connectivity index (χ2n) is 5.08. The van der Waals surface area contributed by atoms with E-state index in [0.29, 0.717) is 12.0 Å². The first kappa shape index (κ1) is 16.7. The van der Waals surface area contributed by atoms with Crippen molar-refractivity contribution in [1.29, 1.82) is 0 Å². The lowest BCUT2D eigenvalue weighted by Crippen LogP contribution is -2.33. The number of carboxylic acid groups (broad SMARTS) is 1. The Bertz CT molecular complexity index is 684. The molecule has 1 heterocycles. The van der Waals surface area contributed by atoms with Crippen LogP contribution in [0.3, 0.4) is 0 Å². The molecule has 0 spiro atoms. The Morgan fingerprint density at radius 2 is 2.14 bits per heavy atom. The van der Waals surface area contributed by atoms with Gasteiger partial charge in [0.05, 0.1) is 15.3 Å². The average Bonchev–Trinajstić information content (AvgIpc) is 2.89. The summed E-state index contributed by atoms with van der Waals surface area (Å²) in [5, 5.41) is 13.8. The molecule has 0 saturated heterocycles. The van der Waals surface area contributed by atoms with E-state index in [1.54, 1.807) is 11.4 Å². The van der Waals surface area contributed by atoms with Gasteiger partial charge in [0.25, 0.3) is 5.91 Å². The monoisotopic (exact) mass is 381 g/mol. The van der Waals surface area contributed by atoms with E-state index in [1.165, 1.54) is 11.3 Å². The molecule has 6 heteroatoms. The molecule has 0 bridgehead atoms. The molecule has 0 saturated carbocycles. The van der Waals surface area contributed by atoms with E-state index in [9.17, 15) is 14.7 Å². The maximum absolute atomic E-state index is 12.0. The average molecular weight is 382 g/mol. The van der Waals surface area contributed by atoms with Gasteiger partial charge in [-0.1, -0.05) is 29.8 Å². The molecule has 0 aliphatic carbocycles. The van der Waals surface area contributed by atoms with Gasteiger partial charge in [-0.25, -0.2) is 0 Å². The van der Waals surface area contributed by atoms with Crippen LogP contribution in [0.25, 0.3) is 0 Å². The summed E-state index contributed by atoms with van der Waals surface area (Å²) in [6.07, 6.45) is 0.393. The zero-order valence-electron chi connectivity index (χ0n) is 12.0. The SMILES string of the molecule is Cc1cccc(CC(CNC(=O)c2csc(Br)c2)C(=O)O)c1. The van der Waals surface area contributed by atoms with Gasteiger partial charge < -0.3 is 10.4 Å². The van der Waals surface area contributed by atoms with Crippen LogP contribution in [0.5, 0.6) is 0 Å². The number of aliphatic carboxylic acids is 1. The molecule has 1 aromatic heterocycles. The molecule has 1 atom stereocenters. The van der Waals surface area contributed by atoms with Crippen molar-refractivity contribution in [1.82, 2.24) is 5.32 Å². The molecule has 4 nitrogen and oxygen atoms in total. The molecule has 1 unspecified atom stereocenters. The van der Waals surface area contributed by atoms with Crippen LogP contribution in [0.1, 0.15) is 21.5 Å². The van der Waals surface area contributed by atoms with Gasteiger partial charge in [-0.15, -0.1) is 11.3 Å². The van der Waals surface area contributed by atoms with Crippen LogP contribution in [-0.2, 0) is 11.2 Å². The van der Waals surface area contributed by atoms with E-state index in [0.717, 1.165) is 14.9 Å². The Labute approximate surface area is 141 Å². The van der Waals surface area contributed by atoms with E-state index < -0.39 is 11.9 Å². The second kappa shape index (κ2) is 7.56. The highest BCUT2D eigenvalue weighted by Crippen LogP contribution is 2.20. The van der Waals surface area contributed by atoms with Crippen molar-refractivity contribution in [3.63, 3.8) is 0 Å². The van der Waals surface area contributed by atoms with Gasteiger partial charge in [0.2, 0.25) is 0 Å². The van der Waals surface area contributed by atoms with Crippen LogP contribution in [-0.4, -0.2) is 23.5 Å². The van der Waals surface area contributed by atoms with Gasteiger partial charge >= 0.3 is 5.97 Å². The smallest absolute Gasteiger partial charge is 0.308 e. The summed E-state index contributed by atoms with van der Waals surface area (Å²) < 4.78 is 0.868. The summed E-state index contributed by atoms with van der Waals surface area (Å²) in [6, 6.07) is 9.46. The number of rotatable bonds is 6. The van der Waals surface area contributed by atoms with Crippen LogP contribution >= 0.6 is 27.3 Å². The third-order valence-electron chi connectivity index (χ3n) is 3.25. The molecule has 2 N–H and O–H groups in total. The molecular formula is C16H16BrNO3S. The molecule has 1 aromatic carbocycles. The van der Waals surface area contributed by atoms with Crippen molar-refractivity contribution in [2.24, 2.45) is 5.92 Å². The van der Waals surface area contributed by atoms with E-state index in [-0.39, 0.29) is 12.5 Å². The highest BCUT2D eigenvalue weighted by Gasteiger charge is 2.19. The van der Waals surface area contributed by atoms with Gasteiger partial charge in [-0.3, -0.25) is 9.59 Å². The Kier molecular flexibility index (Phi) is 5.74. The van der Waals surface area contributed by atoms with Crippen molar-refractivity contribution in [2.45, 2.75) is 13.3 Å². The minimum atomic E-state index is -0.909. The quantitative estimate of drug-likeness (QED) is 0.804. The van der Waals surface area contributed by atoms with E-state index in [2.05, 4.69) is 21.2 Å². The lowest BCUT2D eigenvalue weighted by molar-refractivity contribution is -0.141. The molecule has 22 heavy (non-hydrogen) atoms. The van der Waals surface area contributed by atoms with Gasteiger partial charge in [0.1, 0.15) is 0 Å². The lowest BCUT2D eigenvalue weighted by atomic mass is 9.98. The number of thiophene rings is 1. The summed E-state index contributed by atoms with van der Waals surface area (Å²) in [4.78, 5) is 23.4. The standard InChI is InChI=1S/C16H16BrNO3S/c1-10-3-2-4-11(5-10)6-12(16(20)21)8-18-15(19)13-7-14(17)22-9-13/h2-5,7,9,12H,6,8H2,1H3,(H,18,19)(H,20,21). The lowest BCUT2D eigenvalue weighted by Gasteiger charge is -2.13. The third kappa shape index (κ3) is 4.68. The number of carbonyl (C=O) groups is 2. The highest BCUT2D eigenvalue weighted by molar-refractivity contribution is 9.11. The Morgan fingerprint density at radius 3 is 2.73 bits per heavy atom. The van der Waals surface area contributed by atoms with Crippen LogP contribution in [0.4, 0.5) is 0 Å². The number of halogens is 1. The molecule has 116 valence electrons. The van der Waals surface area contributed by atoms with Gasteiger partial charge in [0.15, 0.2) is 0 Å². The summed E-state index contributed by atoms with van der Waals surface area (Å²) in [6.45, 7) is 2.07. The first-order valence-corrected chi connectivity index (χ1v) is 8.43. The Hall–Kier alpha value is -1.66. The van der Waals surface area contributed by atoms with Gasteiger partial charge in [-0.05, 0) is 40.9 Å². The summed E-state index contributed by atoms with van der Waals surface area (Å²) in [5.74, 6) is -1.81. The molecule has 2 aromatic rings. The van der Waals surface area contributed by atoms with Crippen molar-refractivity contribution < 1.29 is 14.7 Å². The van der Waals surface area contributed by atoms with E-state index >= 15 is 0 Å². The first-order chi connectivity index (χ1) is 10.5. The predicted molar refractivity (Wildman–Crippen MR) is 90.4 cm³/mol. The largest absolute Gasteiger partial charge is 0.481 e. The van der Waals surface area contributed by atoms with Crippen molar-refractivity contribution in [3.05, 3.63) is 56.2 Å². The summed E-state index contributed by atoms with van der Waals surface area (Å²) in [5.41, 5.74) is 2.59. The molecule has 2 rings (SSSR count). The maximum Gasteiger partial charge on any atom is 0.308 e. The second-order valence-corrected chi connectivity index (χ2v) is 7.37. The van der Waals surface area contributed by atoms with Crippen molar-refractivity contribution in [2.75, 3.05) is 6.54 Å². The molecule has 0 aliphatic rings. The van der Waals surface area contributed by atoms with Crippen LogP contribution in [0, 0.1) is 12.8 Å². The molecular weight excluding hydrogens is 366 g/mol. The number of hydrogen-bond acceptors (Lipinski definition) is 3. The molecule has 0 fully saturated rings. The Morgan fingerprint density at radius 1 is 1.36 bits per heavy atom. The fraction of sp³-hybridized carbons (Fsp3) is 0.250. The zero-order valence-corrected chi connectivity index (χ0v) is 14.4. The third-order valence-corrected chi connectivity index (χ3v) is 4.76. The minimum Gasteiger partial charge on any atom is -0.481 e. The topological polar surface area (TPSA) is 66.4 Å². The molecule has 0 radical (unpaired) electrons. The maximum atomic E-state index is 12.0. The minimum absolute atomic E-state index is 0.107. The van der Waals surface area contributed by atoms with E-state index in [4.69, 9.17) is 0 Å². The number of amides is 1. The Balaban J connectivity index is 1.97. The number of carbonyl (C=O) groups excluding carboxylic acids is 1. The fourth-order valence-corrected chi connectivity index (χ4v) is 3.25. The van der Waals surface area contributed by atoms with Crippen molar-refractivity contribution in [3.8, 4) is 0 Å². The van der Waals surface area contributed by atoms with Crippen LogP contribution in [0.15, 0.2) is 39.5 Å². The normalized spacial score (nSPS) is 11.9.